The first-order valence-electron chi connectivity index (χ1n) is 7.30. The van der Waals surface area contributed by atoms with Gasteiger partial charge in [-0.1, -0.05) is 23.7 Å². The third-order valence-corrected chi connectivity index (χ3v) is 3.82. The summed E-state index contributed by atoms with van der Waals surface area (Å²) in [6, 6.07) is 10.5. The third-order valence-electron chi connectivity index (χ3n) is 3.59. The molecule has 0 spiro atoms. The van der Waals surface area contributed by atoms with Crippen LogP contribution in [0.3, 0.4) is 0 Å². The number of nitrogens with one attached hydrogen (secondary N) is 1. The second-order valence-corrected chi connectivity index (χ2v) is 5.56. The molecule has 3 aromatic rings. The molecular formula is C18H13ClFNO3. The van der Waals surface area contributed by atoms with Crippen molar-refractivity contribution in [2.75, 3.05) is 6.61 Å². The highest BCUT2D eigenvalue weighted by molar-refractivity contribution is 6.31. The van der Waals surface area contributed by atoms with Crippen molar-refractivity contribution in [2.24, 2.45) is 0 Å². The number of pyridine rings is 1. The van der Waals surface area contributed by atoms with Crippen molar-refractivity contribution in [3.8, 4) is 11.1 Å². The zero-order chi connectivity index (χ0) is 17.3. The molecule has 0 unspecified atom stereocenters. The Morgan fingerprint density at radius 2 is 1.92 bits per heavy atom. The SMILES string of the molecule is CCOC(=O)c1c(-c2ccc(F)cc2)c2cc(Cl)ccc2[nH]c1=O. The summed E-state index contributed by atoms with van der Waals surface area (Å²) >= 11 is 6.07. The minimum atomic E-state index is -0.736. The van der Waals surface area contributed by atoms with Crippen LogP contribution in [-0.4, -0.2) is 17.6 Å². The molecule has 0 fully saturated rings. The fourth-order valence-electron chi connectivity index (χ4n) is 2.58. The van der Waals surface area contributed by atoms with E-state index in [0.717, 1.165) is 0 Å². The van der Waals surface area contributed by atoms with Crippen LogP contribution in [0, 0.1) is 5.82 Å². The first-order chi connectivity index (χ1) is 11.5. The number of H-pyrrole nitrogens is 1. The van der Waals surface area contributed by atoms with E-state index in [2.05, 4.69) is 4.98 Å². The first kappa shape index (κ1) is 16.2. The zero-order valence-electron chi connectivity index (χ0n) is 12.7. The average molecular weight is 346 g/mol. The van der Waals surface area contributed by atoms with Gasteiger partial charge in [0, 0.05) is 21.5 Å². The molecule has 2 aromatic carbocycles. The second-order valence-electron chi connectivity index (χ2n) is 5.12. The maximum Gasteiger partial charge on any atom is 0.344 e. The second kappa shape index (κ2) is 6.45. The minimum Gasteiger partial charge on any atom is -0.462 e. The molecule has 1 aromatic heterocycles. The molecule has 24 heavy (non-hydrogen) atoms. The van der Waals surface area contributed by atoms with E-state index in [9.17, 15) is 14.0 Å². The number of esters is 1. The summed E-state index contributed by atoms with van der Waals surface area (Å²) in [4.78, 5) is 27.4. The number of aromatic nitrogens is 1. The number of fused-ring (bicyclic) bond motifs is 1. The van der Waals surface area contributed by atoms with Gasteiger partial charge in [-0.25, -0.2) is 9.18 Å². The predicted molar refractivity (Wildman–Crippen MR) is 90.9 cm³/mol. The molecule has 0 aliphatic carbocycles. The van der Waals surface area contributed by atoms with Gasteiger partial charge in [0.15, 0.2) is 0 Å². The van der Waals surface area contributed by atoms with Crippen LogP contribution in [0.25, 0.3) is 22.0 Å². The van der Waals surface area contributed by atoms with Crippen LogP contribution < -0.4 is 5.56 Å². The van der Waals surface area contributed by atoms with Crippen molar-refractivity contribution in [1.82, 2.24) is 4.98 Å². The fourth-order valence-corrected chi connectivity index (χ4v) is 2.75. The Morgan fingerprint density at radius 3 is 2.58 bits per heavy atom. The van der Waals surface area contributed by atoms with Gasteiger partial charge in [-0.05, 0) is 42.8 Å². The summed E-state index contributed by atoms with van der Waals surface area (Å²) in [7, 11) is 0. The Balaban J connectivity index is 2.42. The number of carbonyl (C=O) groups is 1. The summed E-state index contributed by atoms with van der Waals surface area (Å²) in [5.41, 5.74) is 0.727. The minimum absolute atomic E-state index is 0.127. The van der Waals surface area contributed by atoms with E-state index < -0.39 is 17.3 Å². The van der Waals surface area contributed by atoms with Gasteiger partial charge in [-0.15, -0.1) is 0 Å². The summed E-state index contributed by atoms with van der Waals surface area (Å²) in [5.74, 6) is -1.15. The van der Waals surface area contributed by atoms with E-state index >= 15 is 0 Å². The molecule has 0 radical (unpaired) electrons. The largest absolute Gasteiger partial charge is 0.462 e. The molecule has 0 saturated carbocycles. The number of benzene rings is 2. The van der Waals surface area contributed by atoms with Crippen LogP contribution in [0.15, 0.2) is 47.3 Å². The van der Waals surface area contributed by atoms with Crippen LogP contribution in [0.1, 0.15) is 17.3 Å². The number of aromatic amines is 1. The number of hydrogen-bond acceptors (Lipinski definition) is 3. The van der Waals surface area contributed by atoms with Crippen LogP contribution >= 0.6 is 11.6 Å². The molecule has 1 N–H and O–H groups in total. The average Bonchev–Trinajstić information content (AvgIpc) is 2.55. The van der Waals surface area contributed by atoms with Gasteiger partial charge >= 0.3 is 5.97 Å². The molecule has 1 heterocycles. The molecule has 0 amide bonds. The van der Waals surface area contributed by atoms with Crippen molar-refractivity contribution in [1.29, 1.82) is 0 Å². The highest BCUT2D eigenvalue weighted by Gasteiger charge is 2.22. The van der Waals surface area contributed by atoms with E-state index in [4.69, 9.17) is 16.3 Å². The highest BCUT2D eigenvalue weighted by Crippen LogP contribution is 2.31. The molecule has 0 aliphatic heterocycles. The van der Waals surface area contributed by atoms with Gasteiger partial charge in [0.05, 0.1) is 6.61 Å². The monoisotopic (exact) mass is 345 g/mol. The molecule has 4 nitrogen and oxygen atoms in total. The van der Waals surface area contributed by atoms with Crippen molar-refractivity contribution in [3.05, 3.63) is 69.2 Å². The lowest BCUT2D eigenvalue weighted by Crippen LogP contribution is -2.21. The van der Waals surface area contributed by atoms with Gasteiger partial charge in [0.2, 0.25) is 0 Å². The van der Waals surface area contributed by atoms with Gasteiger partial charge < -0.3 is 9.72 Å². The first-order valence-corrected chi connectivity index (χ1v) is 7.67. The van der Waals surface area contributed by atoms with Crippen molar-refractivity contribution in [3.63, 3.8) is 0 Å². The van der Waals surface area contributed by atoms with Crippen LogP contribution in [0.5, 0.6) is 0 Å². The molecule has 0 atom stereocenters. The number of ether oxygens (including phenoxy) is 1. The predicted octanol–water partition coefficient (Wildman–Crippen LogP) is 4.16. The number of hydrogen-bond donors (Lipinski definition) is 1. The standard InChI is InChI=1S/C18H13ClFNO3/c1-2-24-18(23)16-15(10-3-6-12(20)7-4-10)13-9-11(19)5-8-14(13)21-17(16)22/h3-9H,2H2,1H3,(H,21,22). The van der Waals surface area contributed by atoms with Crippen LogP contribution in [0.4, 0.5) is 4.39 Å². The molecule has 6 heteroatoms. The summed E-state index contributed by atoms with van der Waals surface area (Å²) in [5, 5.41) is 1.03. The Kier molecular flexibility index (Phi) is 4.36. The Bertz CT molecular complexity index is 980. The fraction of sp³-hybridized carbons (Fsp3) is 0.111. The summed E-state index contributed by atoms with van der Waals surface area (Å²) in [6.07, 6.45) is 0. The van der Waals surface area contributed by atoms with E-state index in [-0.39, 0.29) is 12.2 Å². The quantitative estimate of drug-likeness (QED) is 0.725. The van der Waals surface area contributed by atoms with Crippen LogP contribution in [0.2, 0.25) is 5.02 Å². The maximum atomic E-state index is 13.3. The van der Waals surface area contributed by atoms with Crippen molar-refractivity contribution in [2.45, 2.75) is 6.92 Å². The Labute approximate surface area is 141 Å². The lowest BCUT2D eigenvalue weighted by Gasteiger charge is -2.12. The van der Waals surface area contributed by atoms with Gasteiger partial charge in [0.25, 0.3) is 5.56 Å². The molecular weight excluding hydrogens is 333 g/mol. The number of carbonyl (C=O) groups excluding carboxylic acids is 1. The summed E-state index contributed by atoms with van der Waals surface area (Å²) in [6.45, 7) is 1.79. The maximum absolute atomic E-state index is 13.3. The van der Waals surface area contributed by atoms with Gasteiger partial charge in [-0.3, -0.25) is 4.79 Å². The van der Waals surface area contributed by atoms with Crippen molar-refractivity contribution < 1.29 is 13.9 Å². The number of halogens is 2. The summed E-state index contributed by atoms with van der Waals surface area (Å²) < 4.78 is 18.3. The van der Waals surface area contributed by atoms with E-state index in [1.165, 1.54) is 24.3 Å². The van der Waals surface area contributed by atoms with E-state index in [1.54, 1.807) is 25.1 Å². The normalized spacial score (nSPS) is 10.8. The third kappa shape index (κ3) is 2.90. The zero-order valence-corrected chi connectivity index (χ0v) is 13.5. The topological polar surface area (TPSA) is 59.2 Å². The molecule has 0 bridgehead atoms. The molecule has 122 valence electrons. The Hall–Kier alpha value is -2.66. The lowest BCUT2D eigenvalue weighted by atomic mass is 9.96. The van der Waals surface area contributed by atoms with E-state index in [0.29, 0.717) is 27.1 Å². The van der Waals surface area contributed by atoms with Crippen molar-refractivity contribution >= 4 is 28.5 Å². The smallest absolute Gasteiger partial charge is 0.344 e. The van der Waals surface area contributed by atoms with Gasteiger partial charge in [0.1, 0.15) is 11.4 Å². The molecule has 3 rings (SSSR count). The Morgan fingerprint density at radius 1 is 1.21 bits per heavy atom. The molecule has 0 saturated heterocycles. The van der Waals surface area contributed by atoms with Crippen LogP contribution in [-0.2, 0) is 4.74 Å². The number of rotatable bonds is 3. The highest BCUT2D eigenvalue weighted by atomic mass is 35.5. The van der Waals surface area contributed by atoms with E-state index in [1.807, 2.05) is 0 Å². The molecule has 0 aliphatic rings. The lowest BCUT2D eigenvalue weighted by molar-refractivity contribution is 0.0525. The van der Waals surface area contributed by atoms with Gasteiger partial charge in [-0.2, -0.15) is 0 Å².